The molecule has 0 saturated heterocycles. The van der Waals surface area contributed by atoms with Crippen molar-refractivity contribution in [2.24, 2.45) is 0 Å². The molecule has 0 fully saturated rings. The third kappa shape index (κ3) is 20.3. The van der Waals surface area contributed by atoms with Gasteiger partial charge in [0.1, 0.15) is 103 Å². The second-order valence-electron chi connectivity index (χ2n) is 41.1. The number of imidazole rings is 3. The topological polar surface area (TPSA) is 87.0 Å². The number of pyridine rings is 2. The van der Waals surface area contributed by atoms with E-state index in [1.54, 1.807) is 24.5 Å². The number of aromatic nitrogens is 11. The molecule has 0 unspecified atom stereocenters. The van der Waals surface area contributed by atoms with Crippen molar-refractivity contribution in [3.05, 3.63) is 474 Å². The van der Waals surface area contributed by atoms with Gasteiger partial charge >= 0.3 is 0 Å². The maximum atomic E-state index is 12.9. The summed E-state index contributed by atoms with van der Waals surface area (Å²) in [6.45, 7) is 40.4. The number of rotatable bonds is 17. The molecular formula is C133H128FIrN11O+2. The standard InChI is InChI=1S/C28H27N2O.C28H29N2.C27H28N3.C22H25N2.C17H11FN.C11H8N.Ir/c1-17(2)22-15-23-21-11-7-8-12-24(21)31-27(23)25(18(3)4)26(22)30-14-13-29-16-19-9-5-6-10-20(19)28(29)30;1-19(2)25-16-23(21-10-6-5-7-11-21)17-26(20(3)4)27(25)30-15-14-29-18-22-12-8-9-13-24(22)28(29)30;1-18(2)24-14-22(20-10-6-5-7-11-20)15-25(19(3)4)26(24)29-17-28-30-16-21-12-8-9-13-23(21)27(29)30;1-15(2)18-10-7-11-19(16(3)4)21(18)24-13-12-23-14-17-8-5-6-9-20(17)22(23)24;18-16-9-6-13(7-10-16)15-8-11-17(19-12-15)14-4-2-1-3-5-14;1-2-6-10(7-3-1)11-8-4-5-9-12-11;/h5-15,17-18H,16H2,1-4H3;5-17,19-20H,18H2,1-4H3;5-15,17-19H,16H2,1-4H3;5-13,15-16H,14H2,1-4H3;1-4,6-12H;1-6,8-9H;/q4*+1;2*-1;. The van der Waals surface area contributed by atoms with Crippen LogP contribution in [0.4, 0.5) is 4.39 Å². The van der Waals surface area contributed by atoms with Gasteiger partial charge in [-0.15, -0.1) is 76.5 Å². The van der Waals surface area contributed by atoms with Crippen molar-refractivity contribution in [3.63, 3.8) is 0 Å². The minimum absolute atomic E-state index is 0. The van der Waals surface area contributed by atoms with Crippen LogP contribution in [0.3, 0.4) is 0 Å². The van der Waals surface area contributed by atoms with E-state index >= 15 is 0 Å². The van der Waals surface area contributed by atoms with Gasteiger partial charge in [0, 0.05) is 104 Å². The van der Waals surface area contributed by atoms with Crippen LogP contribution in [-0.4, -0.2) is 33.4 Å². The van der Waals surface area contributed by atoms with Crippen LogP contribution in [0.25, 0.3) is 146 Å². The van der Waals surface area contributed by atoms with Crippen LogP contribution in [0.15, 0.2) is 394 Å². The molecular weight excluding hydrogens is 1980 g/mol. The van der Waals surface area contributed by atoms with E-state index in [1.165, 1.54) is 180 Å². The molecule has 14 heteroatoms. The molecule has 147 heavy (non-hydrogen) atoms. The molecule has 7 aromatic heterocycles. The van der Waals surface area contributed by atoms with Gasteiger partial charge < -0.3 is 14.4 Å². The minimum Gasteiger partial charge on any atom is -0.456 e. The Morgan fingerprint density at radius 3 is 1.18 bits per heavy atom. The van der Waals surface area contributed by atoms with E-state index in [4.69, 9.17) is 9.52 Å². The predicted molar refractivity (Wildman–Crippen MR) is 593 cm³/mol. The number of para-hydroxylation sites is 2. The van der Waals surface area contributed by atoms with Gasteiger partial charge in [-0.05, 0) is 182 Å². The number of hydrogen-bond donors (Lipinski definition) is 0. The monoisotopic (exact) mass is 2110 g/mol. The normalized spacial score (nSPS) is 12.0. The van der Waals surface area contributed by atoms with Crippen LogP contribution >= 0.6 is 0 Å². The Kier molecular flexibility index (Phi) is 29.9. The van der Waals surface area contributed by atoms with Crippen LogP contribution in [0, 0.1) is 17.9 Å². The fourth-order valence-corrected chi connectivity index (χ4v) is 21.4. The van der Waals surface area contributed by atoms with Gasteiger partial charge in [0.05, 0.1) is 22.3 Å². The third-order valence-electron chi connectivity index (χ3n) is 28.7. The molecule has 1 radical (unpaired) electrons. The van der Waals surface area contributed by atoms with Crippen molar-refractivity contribution in [3.8, 4) is 124 Å². The van der Waals surface area contributed by atoms with Gasteiger partial charge in [-0.2, -0.15) is 18.3 Å². The van der Waals surface area contributed by atoms with Crippen molar-refractivity contribution >= 4 is 21.9 Å². The number of fused-ring (bicyclic) bond motifs is 15. The molecule has 0 saturated carbocycles. The van der Waals surface area contributed by atoms with E-state index in [-0.39, 0.29) is 25.9 Å². The molecule has 25 rings (SSSR count). The summed E-state index contributed by atoms with van der Waals surface area (Å²) in [5.41, 5.74) is 40.1. The molecule has 0 atom stereocenters. The van der Waals surface area contributed by atoms with Crippen LogP contribution in [0.1, 0.15) is 225 Å². The summed E-state index contributed by atoms with van der Waals surface area (Å²) in [6.07, 6.45) is 19.0. The van der Waals surface area contributed by atoms with E-state index in [1.807, 2.05) is 85.2 Å². The zero-order valence-corrected chi connectivity index (χ0v) is 89.3. The summed E-state index contributed by atoms with van der Waals surface area (Å²) in [7, 11) is 0. The molecule has 4 aliphatic heterocycles. The van der Waals surface area contributed by atoms with Gasteiger partial charge in [0.25, 0.3) is 29.6 Å². The summed E-state index contributed by atoms with van der Waals surface area (Å²) in [4.78, 5) is 8.64. The van der Waals surface area contributed by atoms with Crippen molar-refractivity contribution in [2.75, 3.05) is 0 Å². The minimum atomic E-state index is -0.229. The van der Waals surface area contributed by atoms with E-state index in [2.05, 4.69) is 437 Å². The van der Waals surface area contributed by atoms with Crippen molar-refractivity contribution in [1.29, 1.82) is 0 Å². The largest absolute Gasteiger partial charge is 0.456 e. The van der Waals surface area contributed by atoms with Crippen molar-refractivity contribution in [1.82, 2.24) is 33.4 Å². The van der Waals surface area contributed by atoms with Crippen LogP contribution < -0.4 is 18.3 Å². The first kappa shape index (κ1) is 100. The van der Waals surface area contributed by atoms with E-state index in [9.17, 15) is 4.39 Å². The zero-order chi connectivity index (χ0) is 101. The Bertz CT molecular complexity index is 7910. The fraction of sp³-hybridized carbons (Fsp3) is 0.211. The van der Waals surface area contributed by atoms with E-state index < -0.39 is 0 Å². The Morgan fingerprint density at radius 1 is 0.327 bits per heavy atom. The van der Waals surface area contributed by atoms with Gasteiger partial charge in [-0.3, -0.25) is 0 Å². The average Bonchev–Trinajstić information content (AvgIpc) is 1.58. The Hall–Kier alpha value is -15.5. The molecule has 14 aromatic carbocycles. The van der Waals surface area contributed by atoms with Crippen molar-refractivity contribution in [2.45, 2.75) is 184 Å². The quantitative estimate of drug-likeness (QED) is 0.0671. The van der Waals surface area contributed by atoms with E-state index in [0.717, 1.165) is 71.0 Å². The summed E-state index contributed by atoms with van der Waals surface area (Å²) in [5, 5.41) is 7.17. The maximum Gasteiger partial charge on any atom is 0.294 e. The molecule has 21 aromatic rings. The second kappa shape index (κ2) is 43.8. The molecule has 0 amide bonds. The first-order valence-corrected chi connectivity index (χ1v) is 51.8. The van der Waals surface area contributed by atoms with Gasteiger partial charge in [-0.25, -0.2) is 18.1 Å². The zero-order valence-electron chi connectivity index (χ0n) is 86.9. The molecule has 12 nitrogen and oxygen atoms in total. The summed E-state index contributed by atoms with van der Waals surface area (Å²) in [5.74, 6) is 8.20. The van der Waals surface area contributed by atoms with Crippen LogP contribution in [0.2, 0.25) is 0 Å². The fourth-order valence-electron chi connectivity index (χ4n) is 21.4. The number of furan rings is 1. The average molecular weight is 2110 g/mol. The maximum absolute atomic E-state index is 12.9. The smallest absolute Gasteiger partial charge is 0.294 e. The Labute approximate surface area is 879 Å². The first-order chi connectivity index (χ1) is 71.0. The Balaban J connectivity index is 0.000000113. The van der Waals surface area contributed by atoms with Crippen LogP contribution in [-0.2, 0) is 46.3 Å². The molecule has 11 heterocycles. The number of halogens is 1. The second-order valence-corrected chi connectivity index (χ2v) is 41.1. The van der Waals surface area contributed by atoms with Crippen molar-refractivity contribution < 1.29 is 47.2 Å². The van der Waals surface area contributed by atoms with Gasteiger partial charge in [-0.1, -0.05) is 317 Å². The number of hydrogen-bond acceptors (Lipinski definition) is 4. The van der Waals surface area contributed by atoms with Crippen LogP contribution in [0.5, 0.6) is 0 Å². The first-order valence-electron chi connectivity index (χ1n) is 51.8. The third-order valence-corrected chi connectivity index (χ3v) is 28.7. The predicted octanol–water partition coefficient (Wildman–Crippen LogP) is 31.7. The summed E-state index contributed by atoms with van der Waals surface area (Å²) < 4.78 is 38.2. The summed E-state index contributed by atoms with van der Waals surface area (Å²) >= 11 is 0. The molecule has 0 bridgehead atoms. The Morgan fingerprint density at radius 2 is 0.728 bits per heavy atom. The number of benzene rings is 14. The molecule has 4 aliphatic rings. The molecule has 0 N–H and O–H groups in total. The van der Waals surface area contributed by atoms with E-state index in [0.29, 0.717) is 47.3 Å². The summed E-state index contributed by atoms with van der Waals surface area (Å²) in [6, 6.07) is 122. The van der Waals surface area contributed by atoms with Gasteiger partial charge in [0.2, 0.25) is 0 Å². The molecule has 735 valence electrons. The molecule has 0 spiro atoms. The van der Waals surface area contributed by atoms with Gasteiger partial charge in [0.15, 0.2) is 0 Å². The molecule has 0 aliphatic carbocycles. The SMILES string of the molecule is CC(C)c1cc(-c2ccccc2)cc(C(C)C)c1-[n+]1cnn2c1-c1ccccc1C2.CC(C)c1cc(-c2ccccc2)cc(C(C)C)c1-n1cc[n+]2c1-c1ccccc1C2.CC(C)c1cc2c(oc3ccccc32)c(C(C)C)c1-n1cc[n+]2c1-c1ccccc1C2.CC(C)c1cccc(C(C)C)c1-n1cc[n+]2c1-c1ccccc1C2.Fc1ccc(-c2ccc(-c3[c-]cccc3)nc2)cc1.[Ir].[c-]1ccccc1-c1ccccn1. The number of nitrogens with zero attached hydrogens (tertiary/aromatic N) is 11.